The van der Waals surface area contributed by atoms with Crippen LogP contribution in [-0.2, 0) is 7.05 Å². The number of ketones is 1. The van der Waals surface area contributed by atoms with E-state index >= 15 is 0 Å². The van der Waals surface area contributed by atoms with Crippen molar-refractivity contribution in [1.82, 2.24) is 9.78 Å². The Kier molecular flexibility index (Phi) is 1.85. The van der Waals surface area contributed by atoms with E-state index in [1.807, 2.05) is 0 Å². The predicted molar refractivity (Wildman–Crippen MR) is 39.5 cm³/mol. The standard InChI is InChI=1S/C7H8N2O2/c1-5(10)6-3-4-7(11)9(2)8-6/h3-4H,1-2H3. The smallest absolute Gasteiger partial charge is 0.266 e. The lowest BCUT2D eigenvalue weighted by molar-refractivity contribution is 0.101. The Hall–Kier alpha value is -1.45. The van der Waals surface area contributed by atoms with Crippen LogP contribution in [0.5, 0.6) is 0 Å². The zero-order valence-electron chi connectivity index (χ0n) is 6.37. The summed E-state index contributed by atoms with van der Waals surface area (Å²) in [7, 11) is 1.51. The van der Waals surface area contributed by atoms with Crippen LogP contribution in [0, 0.1) is 0 Å². The molecule has 1 aromatic heterocycles. The summed E-state index contributed by atoms with van der Waals surface area (Å²) in [4.78, 5) is 21.5. The van der Waals surface area contributed by atoms with Crippen molar-refractivity contribution in [2.24, 2.45) is 7.05 Å². The SMILES string of the molecule is CC(=O)c1ccc(=O)n(C)n1. The highest BCUT2D eigenvalue weighted by molar-refractivity contribution is 5.91. The first-order valence-electron chi connectivity index (χ1n) is 3.16. The summed E-state index contributed by atoms with van der Waals surface area (Å²) in [5.74, 6) is -0.138. The number of hydrogen-bond donors (Lipinski definition) is 0. The molecule has 0 bridgehead atoms. The molecule has 58 valence electrons. The first-order chi connectivity index (χ1) is 5.11. The fourth-order valence-electron chi connectivity index (χ4n) is 0.690. The molecular formula is C7H8N2O2. The summed E-state index contributed by atoms with van der Waals surface area (Å²) in [6.07, 6.45) is 0. The highest BCUT2D eigenvalue weighted by Gasteiger charge is 2.00. The fraction of sp³-hybridized carbons (Fsp3) is 0.286. The summed E-state index contributed by atoms with van der Waals surface area (Å²) in [6.45, 7) is 1.41. The van der Waals surface area contributed by atoms with Crippen molar-refractivity contribution in [3.8, 4) is 0 Å². The van der Waals surface area contributed by atoms with Crippen LogP contribution in [-0.4, -0.2) is 15.6 Å². The van der Waals surface area contributed by atoms with E-state index in [9.17, 15) is 9.59 Å². The molecule has 0 fully saturated rings. The van der Waals surface area contributed by atoms with Crippen molar-refractivity contribution < 1.29 is 4.79 Å². The molecular weight excluding hydrogens is 144 g/mol. The summed E-state index contributed by atoms with van der Waals surface area (Å²) in [5.41, 5.74) is 0.0992. The van der Waals surface area contributed by atoms with Gasteiger partial charge in [0.25, 0.3) is 5.56 Å². The van der Waals surface area contributed by atoms with Crippen LogP contribution in [0.3, 0.4) is 0 Å². The lowest BCUT2D eigenvalue weighted by atomic mass is 10.3. The Bertz CT molecular complexity index is 341. The lowest BCUT2D eigenvalue weighted by Gasteiger charge is -1.96. The van der Waals surface area contributed by atoms with Crippen molar-refractivity contribution in [1.29, 1.82) is 0 Å². The second-order valence-electron chi connectivity index (χ2n) is 2.24. The Morgan fingerprint density at radius 3 is 2.64 bits per heavy atom. The van der Waals surface area contributed by atoms with Crippen molar-refractivity contribution in [2.45, 2.75) is 6.92 Å². The van der Waals surface area contributed by atoms with Gasteiger partial charge in [-0.25, -0.2) is 4.68 Å². The van der Waals surface area contributed by atoms with Crippen LogP contribution < -0.4 is 5.56 Å². The maximum atomic E-state index is 10.8. The first kappa shape index (κ1) is 7.65. The average molecular weight is 152 g/mol. The minimum atomic E-state index is -0.213. The summed E-state index contributed by atoms with van der Waals surface area (Å²) >= 11 is 0. The molecule has 0 N–H and O–H groups in total. The molecule has 11 heavy (non-hydrogen) atoms. The molecule has 0 saturated heterocycles. The van der Waals surface area contributed by atoms with Gasteiger partial charge in [-0.05, 0) is 6.07 Å². The highest BCUT2D eigenvalue weighted by atomic mass is 16.1. The van der Waals surface area contributed by atoms with Crippen LogP contribution in [0.15, 0.2) is 16.9 Å². The topological polar surface area (TPSA) is 52.0 Å². The molecule has 0 aliphatic heterocycles. The monoisotopic (exact) mass is 152 g/mol. The van der Waals surface area contributed by atoms with Crippen molar-refractivity contribution >= 4 is 5.78 Å². The maximum absolute atomic E-state index is 10.8. The minimum absolute atomic E-state index is 0.138. The Balaban J connectivity index is 3.26. The number of rotatable bonds is 1. The zero-order valence-corrected chi connectivity index (χ0v) is 6.37. The zero-order chi connectivity index (χ0) is 8.43. The average Bonchev–Trinajstić information content (AvgIpc) is 1.94. The van der Waals surface area contributed by atoms with E-state index in [1.165, 1.54) is 26.1 Å². The molecule has 0 unspecified atom stereocenters. The quantitative estimate of drug-likeness (QED) is 0.531. The molecule has 0 spiro atoms. The second kappa shape index (κ2) is 2.65. The lowest BCUT2D eigenvalue weighted by Crippen LogP contribution is -2.20. The number of carbonyl (C=O) groups excluding carboxylic acids is 1. The van der Waals surface area contributed by atoms with Crippen molar-refractivity contribution in [3.05, 3.63) is 28.2 Å². The molecule has 0 radical (unpaired) electrons. The van der Waals surface area contributed by atoms with Crippen LogP contribution in [0.1, 0.15) is 17.4 Å². The van der Waals surface area contributed by atoms with Gasteiger partial charge in [0.2, 0.25) is 0 Å². The first-order valence-corrected chi connectivity index (χ1v) is 3.16. The molecule has 1 heterocycles. The van der Waals surface area contributed by atoms with Gasteiger partial charge in [0.15, 0.2) is 5.78 Å². The van der Waals surface area contributed by atoms with Gasteiger partial charge in [-0.1, -0.05) is 0 Å². The molecule has 0 aliphatic carbocycles. The van der Waals surface area contributed by atoms with E-state index in [0.717, 1.165) is 4.68 Å². The Labute approximate surface area is 63.5 Å². The number of aromatic nitrogens is 2. The third-order valence-electron chi connectivity index (χ3n) is 1.32. The van der Waals surface area contributed by atoms with Gasteiger partial charge < -0.3 is 0 Å². The van der Waals surface area contributed by atoms with E-state index in [-0.39, 0.29) is 11.3 Å². The van der Waals surface area contributed by atoms with Crippen molar-refractivity contribution in [3.63, 3.8) is 0 Å². The molecule has 4 heteroatoms. The van der Waals surface area contributed by atoms with E-state index in [2.05, 4.69) is 5.10 Å². The van der Waals surface area contributed by atoms with Crippen LogP contribution >= 0.6 is 0 Å². The second-order valence-corrected chi connectivity index (χ2v) is 2.24. The molecule has 1 rings (SSSR count). The predicted octanol–water partition coefficient (Wildman–Crippen LogP) is -0.0171. The largest absolute Gasteiger partial charge is 0.293 e. The number of carbonyl (C=O) groups is 1. The van der Waals surface area contributed by atoms with E-state index in [4.69, 9.17) is 0 Å². The summed E-state index contributed by atoms with van der Waals surface area (Å²) in [5, 5.41) is 3.73. The molecule has 0 aromatic carbocycles. The Morgan fingerprint density at radius 2 is 2.18 bits per heavy atom. The van der Waals surface area contributed by atoms with Crippen LogP contribution in [0.2, 0.25) is 0 Å². The van der Waals surface area contributed by atoms with E-state index < -0.39 is 0 Å². The van der Waals surface area contributed by atoms with Crippen LogP contribution in [0.25, 0.3) is 0 Å². The molecule has 0 aliphatic rings. The van der Waals surface area contributed by atoms with Gasteiger partial charge in [0.05, 0.1) is 0 Å². The summed E-state index contributed by atoms with van der Waals surface area (Å²) in [6, 6.07) is 2.74. The van der Waals surface area contributed by atoms with Gasteiger partial charge >= 0.3 is 0 Å². The van der Waals surface area contributed by atoms with Gasteiger partial charge in [-0.15, -0.1) is 0 Å². The minimum Gasteiger partial charge on any atom is -0.293 e. The number of hydrogen-bond acceptors (Lipinski definition) is 3. The fourth-order valence-corrected chi connectivity index (χ4v) is 0.690. The number of Topliss-reactive ketones (excluding diaryl/α,β-unsaturated/α-hetero) is 1. The van der Waals surface area contributed by atoms with Gasteiger partial charge in [0, 0.05) is 20.0 Å². The van der Waals surface area contributed by atoms with E-state index in [0.29, 0.717) is 5.69 Å². The third-order valence-corrected chi connectivity index (χ3v) is 1.32. The Morgan fingerprint density at radius 1 is 1.55 bits per heavy atom. The van der Waals surface area contributed by atoms with Gasteiger partial charge in [-0.2, -0.15) is 5.10 Å². The molecule has 0 amide bonds. The molecule has 4 nitrogen and oxygen atoms in total. The third kappa shape index (κ3) is 1.52. The summed E-state index contributed by atoms with van der Waals surface area (Å²) < 4.78 is 1.14. The maximum Gasteiger partial charge on any atom is 0.266 e. The van der Waals surface area contributed by atoms with Crippen LogP contribution in [0.4, 0.5) is 0 Å². The molecule has 0 saturated carbocycles. The van der Waals surface area contributed by atoms with E-state index in [1.54, 1.807) is 0 Å². The normalized spacial score (nSPS) is 9.64. The van der Waals surface area contributed by atoms with Gasteiger partial charge in [0.1, 0.15) is 5.69 Å². The van der Waals surface area contributed by atoms with Crippen molar-refractivity contribution in [2.75, 3.05) is 0 Å². The number of aryl methyl sites for hydroxylation is 1. The molecule has 1 aromatic rings. The van der Waals surface area contributed by atoms with Gasteiger partial charge in [-0.3, -0.25) is 9.59 Å². The molecule has 0 atom stereocenters. The highest BCUT2D eigenvalue weighted by Crippen LogP contribution is 1.89. The number of nitrogens with zero attached hydrogens (tertiary/aromatic N) is 2.